The maximum Gasteiger partial charge on any atom is 0.263 e. The summed E-state index contributed by atoms with van der Waals surface area (Å²) >= 11 is 15.6. The van der Waals surface area contributed by atoms with Crippen LogP contribution in [0.3, 0.4) is 0 Å². The van der Waals surface area contributed by atoms with Crippen LogP contribution < -0.4 is 15.0 Å². The van der Waals surface area contributed by atoms with Crippen LogP contribution in [-0.2, 0) is 32.7 Å². The number of sulfonamides is 1. The lowest BCUT2D eigenvalue weighted by Gasteiger charge is -2.35. The van der Waals surface area contributed by atoms with Gasteiger partial charge in [-0.25, -0.2) is 8.42 Å². The van der Waals surface area contributed by atoms with Crippen LogP contribution in [-0.4, -0.2) is 43.7 Å². The predicted octanol–water partition coefficient (Wildman–Crippen LogP) is 6.06. The second-order valence-electron chi connectivity index (χ2n) is 9.76. The minimum absolute atomic E-state index is 0.0177. The van der Waals surface area contributed by atoms with Crippen LogP contribution in [0, 0.1) is 0 Å². The summed E-state index contributed by atoms with van der Waals surface area (Å²) in [6, 6.07) is 27.2. The molecule has 1 N–H and O–H groups in total. The van der Waals surface area contributed by atoms with Crippen molar-refractivity contribution in [1.82, 2.24) is 9.62 Å². The Bertz CT molecular complexity index is 1740. The molecule has 0 saturated heterocycles. The zero-order valence-corrected chi connectivity index (χ0v) is 26.5. The lowest BCUT2D eigenvalue weighted by molar-refractivity contribution is -0.128. The standard InChI is InChI=1S/C31H26BrCl2N3O5S/c32-23-11-13-24(14-12-23)43(40,41)36(18-22-10-15-25(33)26(34)16-22)20-30(38)37-19-29(42-28-9-5-4-8-27(28)37)31(39)35-17-21-6-2-1-3-7-21/h1-16,29H,17-20H2,(H,35,39)/t29-/m0/s1. The van der Waals surface area contributed by atoms with Crippen molar-refractivity contribution in [2.75, 3.05) is 18.0 Å². The molecule has 5 rings (SSSR count). The van der Waals surface area contributed by atoms with Gasteiger partial charge in [0.05, 0.1) is 33.7 Å². The summed E-state index contributed by atoms with van der Waals surface area (Å²) in [6.07, 6.45) is -1.01. The van der Waals surface area contributed by atoms with Gasteiger partial charge < -0.3 is 15.0 Å². The van der Waals surface area contributed by atoms with Crippen molar-refractivity contribution in [3.8, 4) is 5.75 Å². The predicted molar refractivity (Wildman–Crippen MR) is 170 cm³/mol. The number of hydrogen-bond donors (Lipinski definition) is 1. The molecule has 43 heavy (non-hydrogen) atoms. The molecule has 0 unspecified atom stereocenters. The number of rotatable bonds is 9. The van der Waals surface area contributed by atoms with Gasteiger partial charge in [0, 0.05) is 17.6 Å². The van der Waals surface area contributed by atoms with Crippen molar-refractivity contribution in [2.24, 2.45) is 0 Å². The number of carbonyl (C=O) groups excluding carboxylic acids is 2. The molecule has 0 radical (unpaired) electrons. The summed E-state index contributed by atoms with van der Waals surface area (Å²) in [6.45, 7) is -0.466. The molecule has 0 aromatic heterocycles. The highest BCUT2D eigenvalue weighted by Crippen LogP contribution is 2.34. The number of ether oxygens (including phenoxy) is 1. The number of nitrogens with zero attached hydrogens (tertiary/aromatic N) is 2. The molecular weight excluding hydrogens is 677 g/mol. The molecular formula is C31H26BrCl2N3O5S. The van der Waals surface area contributed by atoms with Gasteiger partial charge in [0.25, 0.3) is 5.91 Å². The van der Waals surface area contributed by atoms with E-state index in [1.54, 1.807) is 54.6 Å². The van der Waals surface area contributed by atoms with E-state index in [9.17, 15) is 18.0 Å². The van der Waals surface area contributed by atoms with Crippen LogP contribution in [0.2, 0.25) is 10.0 Å². The number of fused-ring (bicyclic) bond motifs is 1. The number of nitrogens with one attached hydrogen (secondary N) is 1. The number of carbonyl (C=O) groups is 2. The Kier molecular flexibility index (Phi) is 9.73. The third-order valence-corrected chi connectivity index (χ3v) is 9.86. The molecule has 2 amide bonds. The molecule has 1 aliphatic rings. The van der Waals surface area contributed by atoms with Crippen molar-refractivity contribution in [3.05, 3.63) is 123 Å². The Balaban J connectivity index is 1.42. The molecule has 1 aliphatic heterocycles. The summed E-state index contributed by atoms with van der Waals surface area (Å²) in [7, 11) is -4.14. The molecule has 0 bridgehead atoms. The lowest BCUT2D eigenvalue weighted by atomic mass is 10.1. The van der Waals surface area contributed by atoms with E-state index in [4.69, 9.17) is 27.9 Å². The van der Waals surface area contributed by atoms with Crippen molar-refractivity contribution in [2.45, 2.75) is 24.1 Å². The number of para-hydroxylation sites is 2. The molecule has 0 fully saturated rings. The first-order valence-corrected chi connectivity index (χ1v) is 16.2. The SMILES string of the molecule is O=C(NCc1ccccc1)[C@@H]1CN(C(=O)CN(Cc2ccc(Cl)c(Cl)c2)S(=O)(=O)c2ccc(Br)cc2)c2ccccc2O1. The zero-order valence-electron chi connectivity index (χ0n) is 22.6. The maximum atomic E-state index is 13.9. The Hall–Kier alpha value is -3.41. The molecule has 8 nitrogen and oxygen atoms in total. The zero-order chi connectivity index (χ0) is 30.6. The topological polar surface area (TPSA) is 96.0 Å². The number of hydrogen-bond acceptors (Lipinski definition) is 5. The van der Waals surface area contributed by atoms with E-state index in [-0.39, 0.29) is 29.6 Å². The average molecular weight is 703 g/mol. The van der Waals surface area contributed by atoms with E-state index in [0.29, 0.717) is 26.5 Å². The molecule has 0 spiro atoms. The third kappa shape index (κ3) is 7.39. The van der Waals surface area contributed by atoms with E-state index < -0.39 is 34.5 Å². The fourth-order valence-electron chi connectivity index (χ4n) is 4.57. The molecule has 4 aromatic rings. The number of anilines is 1. The van der Waals surface area contributed by atoms with Crippen LogP contribution in [0.4, 0.5) is 5.69 Å². The van der Waals surface area contributed by atoms with Crippen LogP contribution in [0.1, 0.15) is 11.1 Å². The highest BCUT2D eigenvalue weighted by molar-refractivity contribution is 9.10. The third-order valence-electron chi connectivity index (χ3n) is 6.78. The largest absolute Gasteiger partial charge is 0.477 e. The normalized spacial score (nSPS) is 14.6. The van der Waals surface area contributed by atoms with Gasteiger partial charge in [-0.1, -0.05) is 87.7 Å². The van der Waals surface area contributed by atoms with Gasteiger partial charge in [0.1, 0.15) is 5.75 Å². The fourth-order valence-corrected chi connectivity index (χ4v) is 6.53. The summed E-state index contributed by atoms with van der Waals surface area (Å²) in [5.74, 6) is -0.586. The van der Waals surface area contributed by atoms with E-state index in [1.165, 1.54) is 17.0 Å². The van der Waals surface area contributed by atoms with Crippen molar-refractivity contribution < 1.29 is 22.7 Å². The van der Waals surface area contributed by atoms with E-state index in [0.717, 1.165) is 9.87 Å². The quantitative estimate of drug-likeness (QED) is 0.229. The van der Waals surface area contributed by atoms with Gasteiger partial charge in [-0.15, -0.1) is 0 Å². The van der Waals surface area contributed by atoms with Crippen LogP contribution in [0.25, 0.3) is 0 Å². The first kappa shape index (κ1) is 31.0. The molecule has 222 valence electrons. The van der Waals surface area contributed by atoms with E-state index in [2.05, 4.69) is 21.2 Å². The highest BCUT2D eigenvalue weighted by atomic mass is 79.9. The number of amides is 2. The second kappa shape index (κ2) is 13.5. The highest BCUT2D eigenvalue weighted by Gasteiger charge is 2.36. The number of benzene rings is 4. The molecule has 12 heteroatoms. The summed E-state index contributed by atoms with van der Waals surface area (Å²) in [5.41, 5.74) is 1.90. The summed E-state index contributed by atoms with van der Waals surface area (Å²) in [4.78, 5) is 28.5. The minimum Gasteiger partial charge on any atom is -0.477 e. The first-order valence-electron chi connectivity index (χ1n) is 13.2. The van der Waals surface area contributed by atoms with Gasteiger partial charge in [0.2, 0.25) is 15.9 Å². The van der Waals surface area contributed by atoms with Crippen LogP contribution >= 0.6 is 39.1 Å². The van der Waals surface area contributed by atoms with Gasteiger partial charge in [-0.3, -0.25) is 9.59 Å². The fraction of sp³-hybridized carbons (Fsp3) is 0.161. The van der Waals surface area contributed by atoms with Crippen LogP contribution in [0.15, 0.2) is 106 Å². The monoisotopic (exact) mass is 701 g/mol. The Morgan fingerprint density at radius 1 is 0.907 bits per heavy atom. The van der Waals surface area contributed by atoms with Gasteiger partial charge in [0.15, 0.2) is 6.10 Å². The maximum absolute atomic E-state index is 13.9. The van der Waals surface area contributed by atoms with E-state index >= 15 is 0 Å². The Morgan fingerprint density at radius 2 is 1.60 bits per heavy atom. The van der Waals surface area contributed by atoms with Gasteiger partial charge in [-0.05, 0) is 59.7 Å². The minimum atomic E-state index is -4.14. The summed E-state index contributed by atoms with van der Waals surface area (Å²) in [5, 5.41) is 3.44. The molecule has 4 aromatic carbocycles. The molecule has 1 heterocycles. The van der Waals surface area contributed by atoms with Gasteiger partial charge in [-0.2, -0.15) is 4.31 Å². The second-order valence-corrected chi connectivity index (χ2v) is 13.4. The Morgan fingerprint density at radius 3 is 2.33 bits per heavy atom. The smallest absolute Gasteiger partial charge is 0.263 e. The lowest BCUT2D eigenvalue weighted by Crippen LogP contribution is -2.52. The van der Waals surface area contributed by atoms with Crippen molar-refractivity contribution in [3.63, 3.8) is 0 Å². The molecule has 1 atom stereocenters. The average Bonchev–Trinajstić information content (AvgIpc) is 3.01. The Labute approximate surface area is 268 Å². The van der Waals surface area contributed by atoms with Gasteiger partial charge >= 0.3 is 0 Å². The molecule has 0 aliphatic carbocycles. The molecule has 0 saturated carbocycles. The van der Waals surface area contributed by atoms with Crippen molar-refractivity contribution >= 4 is 66.7 Å². The van der Waals surface area contributed by atoms with Crippen molar-refractivity contribution in [1.29, 1.82) is 0 Å². The van der Waals surface area contributed by atoms with Crippen LogP contribution in [0.5, 0.6) is 5.75 Å². The number of halogens is 3. The first-order chi connectivity index (χ1) is 20.6. The van der Waals surface area contributed by atoms with E-state index in [1.807, 2.05) is 30.3 Å². The summed E-state index contributed by atoms with van der Waals surface area (Å²) < 4.78 is 35.5.